The number of carbonyl (C=O) groups excluding carboxylic acids is 6. The zero-order chi connectivity index (χ0) is 61.2. The minimum atomic E-state index is -0.430. The van der Waals surface area contributed by atoms with E-state index in [4.69, 9.17) is 28.4 Å². The van der Waals surface area contributed by atoms with Crippen molar-refractivity contribution in [3.05, 3.63) is 0 Å². The van der Waals surface area contributed by atoms with Crippen LogP contribution in [0.5, 0.6) is 0 Å². The summed E-state index contributed by atoms with van der Waals surface area (Å²) in [5.41, 5.74) is 0. The van der Waals surface area contributed by atoms with Crippen molar-refractivity contribution in [2.24, 2.45) is 11.8 Å². The molecule has 0 aliphatic heterocycles. The number of unbranched alkanes of at least 4 members (excludes halogenated alkanes) is 22. The quantitative estimate of drug-likeness (QED) is 0.0320. The van der Waals surface area contributed by atoms with Gasteiger partial charge in [-0.1, -0.05) is 176 Å². The molecule has 15 nitrogen and oxygen atoms in total. The number of nitrogens with zero attached hydrogens (tertiary/aromatic N) is 3. The Labute approximate surface area is 519 Å². The van der Waals surface area contributed by atoms with E-state index in [0.717, 1.165) is 49.6 Å². The fourth-order valence-corrected chi connectivity index (χ4v) is 12.2. The molecule has 0 bridgehead atoms. The van der Waals surface area contributed by atoms with Crippen LogP contribution in [0.25, 0.3) is 0 Å². The van der Waals surface area contributed by atoms with E-state index in [-0.39, 0.29) is 99.9 Å². The number of ether oxygens (including phenoxy) is 6. The molecule has 0 aromatic rings. The van der Waals surface area contributed by atoms with Gasteiger partial charge in [0.2, 0.25) is 0 Å². The Hall–Kier alpha value is -2.25. The lowest BCUT2D eigenvalue weighted by atomic mass is 10.1. The van der Waals surface area contributed by atoms with Crippen LogP contribution in [0.15, 0.2) is 0 Å². The maximum absolute atomic E-state index is 13.0. The molecule has 0 radical (unpaired) electrons. The molecule has 0 N–H and O–H groups in total. The zero-order valence-electron chi connectivity index (χ0n) is 54.1. The summed E-state index contributed by atoms with van der Waals surface area (Å²) in [5, 5.41) is -0.292. The van der Waals surface area contributed by atoms with Gasteiger partial charge < -0.3 is 43.1 Å². The highest BCUT2D eigenvalue weighted by Crippen LogP contribution is 2.19. The third-order valence-corrected chi connectivity index (χ3v) is 18.3. The predicted molar refractivity (Wildman–Crippen MR) is 348 cm³/mol. The Morgan fingerprint density at radius 2 is 0.627 bits per heavy atom. The first-order chi connectivity index (χ1) is 40.2. The zero-order valence-corrected chi connectivity index (χ0v) is 56.6. The van der Waals surface area contributed by atoms with E-state index in [1.54, 1.807) is 35.3 Å². The number of hydrogen-bond donors (Lipinski definition) is 0. The van der Waals surface area contributed by atoms with Gasteiger partial charge in [-0.3, -0.25) is 28.8 Å². The number of carbonyl (C=O) groups is 6. The van der Waals surface area contributed by atoms with Gasteiger partial charge in [-0.05, 0) is 96.6 Å². The number of rotatable bonds is 62. The Morgan fingerprint density at radius 3 is 0.976 bits per heavy atom. The largest absolute Gasteiger partial charge is 0.462 e. The van der Waals surface area contributed by atoms with E-state index in [9.17, 15) is 28.8 Å². The van der Waals surface area contributed by atoms with Crippen molar-refractivity contribution in [2.75, 3.05) is 128 Å². The van der Waals surface area contributed by atoms with Gasteiger partial charge in [0.05, 0.1) is 36.3 Å². The summed E-state index contributed by atoms with van der Waals surface area (Å²) in [7, 11) is 4.05. The van der Waals surface area contributed by atoms with E-state index >= 15 is 0 Å². The van der Waals surface area contributed by atoms with Crippen LogP contribution in [0.2, 0.25) is 0 Å². The SMILES string of the molecule is CCCCCCCCCCCSC(C)C(=O)OCCOC(=O)CCN(CCCN(CCCN(C)C)CCC(=O)OCCOC(=O)C(C)CSCCCCCCCCCC)CCC(=O)OCCOC(=O)C(C)CSCCCCCCCCCC. The molecule has 0 aliphatic rings. The highest BCUT2D eigenvalue weighted by Gasteiger charge is 2.19. The summed E-state index contributed by atoms with van der Waals surface area (Å²) in [4.78, 5) is 83.1. The maximum Gasteiger partial charge on any atom is 0.318 e. The lowest BCUT2D eigenvalue weighted by Gasteiger charge is -2.26. The molecule has 0 rings (SSSR count). The average molecular weight is 1230 g/mol. The minimum absolute atomic E-state index is 0.00913. The van der Waals surface area contributed by atoms with Gasteiger partial charge in [0.25, 0.3) is 0 Å². The highest BCUT2D eigenvalue weighted by atomic mass is 32.2. The van der Waals surface area contributed by atoms with Crippen LogP contribution >= 0.6 is 35.3 Å². The summed E-state index contributed by atoms with van der Waals surface area (Å²) < 4.78 is 32.7. The predicted octanol–water partition coefficient (Wildman–Crippen LogP) is 14.0. The summed E-state index contributed by atoms with van der Waals surface area (Å²) in [6.07, 6.45) is 33.7. The Bertz CT molecular complexity index is 1500. The average Bonchev–Trinajstić information content (AvgIpc) is 3.47. The molecule has 3 atom stereocenters. The molecule has 83 heavy (non-hydrogen) atoms. The molecule has 0 fully saturated rings. The molecular weight excluding hydrogens is 1110 g/mol. The van der Waals surface area contributed by atoms with Gasteiger partial charge in [-0.2, -0.15) is 23.5 Å². The van der Waals surface area contributed by atoms with Crippen molar-refractivity contribution < 1.29 is 57.2 Å². The number of thioether (sulfide) groups is 3. The first-order valence-electron chi connectivity index (χ1n) is 33.1. The van der Waals surface area contributed by atoms with Crippen LogP contribution in [-0.2, 0) is 57.2 Å². The molecule has 0 aromatic carbocycles. The Kier molecular flexibility index (Phi) is 58.4. The van der Waals surface area contributed by atoms with Crippen molar-refractivity contribution in [1.82, 2.24) is 14.7 Å². The van der Waals surface area contributed by atoms with Crippen LogP contribution < -0.4 is 0 Å². The maximum atomic E-state index is 13.0. The Morgan fingerprint density at radius 1 is 0.337 bits per heavy atom. The molecular formula is C65H123N3O12S3. The summed E-state index contributed by atoms with van der Waals surface area (Å²) >= 11 is 5.18. The topological polar surface area (TPSA) is 168 Å². The van der Waals surface area contributed by atoms with E-state index in [2.05, 4.69) is 30.6 Å². The van der Waals surface area contributed by atoms with Crippen LogP contribution in [0, 0.1) is 11.8 Å². The first-order valence-corrected chi connectivity index (χ1v) is 36.4. The third kappa shape index (κ3) is 54.9. The van der Waals surface area contributed by atoms with Gasteiger partial charge in [0, 0.05) is 31.1 Å². The van der Waals surface area contributed by atoms with Gasteiger partial charge in [-0.15, -0.1) is 11.8 Å². The molecule has 0 spiro atoms. The lowest BCUT2D eigenvalue weighted by molar-refractivity contribution is -0.154. The molecule has 0 heterocycles. The van der Waals surface area contributed by atoms with Gasteiger partial charge in [0.15, 0.2) is 0 Å². The number of hydrogen-bond acceptors (Lipinski definition) is 18. The van der Waals surface area contributed by atoms with E-state index in [1.165, 1.54) is 148 Å². The van der Waals surface area contributed by atoms with Crippen molar-refractivity contribution >= 4 is 71.1 Å². The molecule has 0 aliphatic carbocycles. The second kappa shape index (κ2) is 60.1. The fraction of sp³-hybridized carbons (Fsp3) is 0.908. The van der Waals surface area contributed by atoms with Crippen LogP contribution in [-0.4, -0.2) is 184 Å². The van der Waals surface area contributed by atoms with Crippen LogP contribution in [0.3, 0.4) is 0 Å². The van der Waals surface area contributed by atoms with Gasteiger partial charge >= 0.3 is 35.8 Å². The van der Waals surface area contributed by atoms with E-state index in [0.29, 0.717) is 50.7 Å². The molecule has 18 heteroatoms. The van der Waals surface area contributed by atoms with E-state index < -0.39 is 11.9 Å². The molecule has 0 saturated heterocycles. The van der Waals surface area contributed by atoms with Crippen molar-refractivity contribution in [3.8, 4) is 0 Å². The third-order valence-electron chi connectivity index (χ3n) is 14.5. The standard InChI is InChI=1S/C65H123N3O12S3/c1-9-12-15-18-21-24-27-30-33-54-83-59(6)65(74)80-51-48-77-62(71)38-45-68(44-37-61(70)76-47-50-79-64(73)58(5)56-82-53-32-29-26-23-20-17-14-11-3)42-35-41-67(40-34-39-66(7)8)43-36-60(69)75-46-49-78-63(72)57(4)55-81-52-31-28-25-22-19-16-13-10-2/h57-59H,9-56H2,1-8H3. The normalized spacial score (nSPS) is 12.6. The summed E-state index contributed by atoms with van der Waals surface area (Å²) in [5.74, 6) is 1.84. The first kappa shape index (κ1) is 80.8. The highest BCUT2D eigenvalue weighted by molar-refractivity contribution is 8.00. The molecule has 3 unspecified atom stereocenters. The van der Waals surface area contributed by atoms with E-state index in [1.807, 2.05) is 39.8 Å². The Balaban J connectivity index is 5.11. The minimum Gasteiger partial charge on any atom is -0.462 e. The van der Waals surface area contributed by atoms with Crippen molar-refractivity contribution in [1.29, 1.82) is 0 Å². The van der Waals surface area contributed by atoms with Gasteiger partial charge in [0.1, 0.15) is 39.6 Å². The summed E-state index contributed by atoms with van der Waals surface area (Å²) in [6.45, 7) is 16.3. The smallest absolute Gasteiger partial charge is 0.318 e. The molecule has 0 amide bonds. The number of esters is 6. The second-order valence-corrected chi connectivity index (χ2v) is 26.6. The fourth-order valence-electron chi connectivity index (χ4n) is 9.13. The molecule has 0 aromatic heterocycles. The van der Waals surface area contributed by atoms with Crippen LogP contribution in [0.1, 0.15) is 234 Å². The second-order valence-electron chi connectivity index (χ2n) is 22.9. The van der Waals surface area contributed by atoms with Crippen molar-refractivity contribution in [3.63, 3.8) is 0 Å². The lowest BCUT2D eigenvalue weighted by Crippen LogP contribution is -2.35. The molecule has 0 saturated carbocycles. The van der Waals surface area contributed by atoms with Crippen molar-refractivity contribution in [2.45, 2.75) is 239 Å². The monoisotopic (exact) mass is 1230 g/mol. The van der Waals surface area contributed by atoms with Gasteiger partial charge in [-0.25, -0.2) is 0 Å². The summed E-state index contributed by atoms with van der Waals surface area (Å²) in [6, 6.07) is 0. The van der Waals surface area contributed by atoms with Crippen LogP contribution in [0.4, 0.5) is 0 Å². The molecule has 488 valence electrons.